The zero-order chi connectivity index (χ0) is 14.8. The summed E-state index contributed by atoms with van der Waals surface area (Å²) in [6.07, 6.45) is 3.12. The molecule has 0 spiro atoms. The van der Waals surface area contributed by atoms with Crippen molar-refractivity contribution in [3.05, 3.63) is 47.8 Å². The third kappa shape index (κ3) is 2.40. The molecule has 1 aromatic heterocycles. The van der Waals surface area contributed by atoms with Crippen molar-refractivity contribution in [2.75, 3.05) is 11.9 Å². The van der Waals surface area contributed by atoms with Crippen LogP contribution in [0.5, 0.6) is 0 Å². The summed E-state index contributed by atoms with van der Waals surface area (Å²) in [5, 5.41) is 2.54. The van der Waals surface area contributed by atoms with Gasteiger partial charge < -0.3 is 4.98 Å². The molecule has 21 heavy (non-hydrogen) atoms. The Balaban J connectivity index is 1.63. The van der Waals surface area contributed by atoms with Gasteiger partial charge >= 0.3 is 0 Å². The molecule has 7 heteroatoms. The lowest BCUT2D eigenvalue weighted by molar-refractivity contribution is -0.116. The molecule has 0 radical (unpaired) electrons. The number of imidazole rings is 1. The van der Waals surface area contributed by atoms with Crippen LogP contribution >= 0.6 is 0 Å². The Bertz CT molecular complexity index is 674. The predicted molar refractivity (Wildman–Crippen MR) is 73.6 cm³/mol. The highest BCUT2D eigenvalue weighted by Crippen LogP contribution is 2.22. The van der Waals surface area contributed by atoms with Crippen LogP contribution in [0.1, 0.15) is 27.1 Å². The summed E-state index contributed by atoms with van der Waals surface area (Å²) < 4.78 is 0. The number of imide groups is 1. The van der Waals surface area contributed by atoms with Crippen molar-refractivity contribution >= 4 is 23.7 Å². The van der Waals surface area contributed by atoms with Crippen LogP contribution in [0, 0.1) is 0 Å². The minimum Gasteiger partial charge on any atom is -0.331 e. The van der Waals surface area contributed by atoms with Gasteiger partial charge in [-0.1, -0.05) is 12.1 Å². The van der Waals surface area contributed by atoms with Gasteiger partial charge in [0.15, 0.2) is 0 Å². The van der Waals surface area contributed by atoms with Gasteiger partial charge in [0, 0.05) is 25.4 Å². The maximum absolute atomic E-state index is 12.1. The SMILES string of the molecule is O=C(CCN1C(=O)c2ccccc2C1=O)Nc1ncc[nH]1. The van der Waals surface area contributed by atoms with Crippen LogP contribution in [0.3, 0.4) is 0 Å². The molecule has 0 saturated carbocycles. The van der Waals surface area contributed by atoms with Gasteiger partial charge in [0.2, 0.25) is 11.9 Å². The van der Waals surface area contributed by atoms with Gasteiger partial charge in [0.05, 0.1) is 11.1 Å². The standard InChI is InChI=1S/C14H12N4O3/c19-11(17-14-15-6-7-16-14)5-8-18-12(20)9-3-1-2-4-10(9)13(18)21/h1-4,6-7H,5,8H2,(H2,15,16,17,19). The van der Waals surface area contributed by atoms with E-state index in [1.807, 2.05) is 0 Å². The number of H-pyrrole nitrogens is 1. The number of hydrogen-bond donors (Lipinski definition) is 2. The number of hydrogen-bond acceptors (Lipinski definition) is 4. The quantitative estimate of drug-likeness (QED) is 0.820. The highest BCUT2D eigenvalue weighted by molar-refractivity contribution is 6.21. The second kappa shape index (κ2) is 5.20. The molecular weight excluding hydrogens is 272 g/mol. The average molecular weight is 284 g/mol. The molecular formula is C14H12N4O3. The first-order valence-corrected chi connectivity index (χ1v) is 6.41. The van der Waals surface area contributed by atoms with E-state index in [0.717, 1.165) is 4.90 Å². The van der Waals surface area contributed by atoms with Gasteiger partial charge in [-0.05, 0) is 12.1 Å². The topological polar surface area (TPSA) is 95.2 Å². The van der Waals surface area contributed by atoms with Crippen molar-refractivity contribution < 1.29 is 14.4 Å². The first-order valence-electron chi connectivity index (χ1n) is 6.41. The molecule has 1 aliphatic heterocycles. The second-order valence-corrected chi connectivity index (χ2v) is 4.54. The number of nitrogens with one attached hydrogen (secondary N) is 2. The third-order valence-electron chi connectivity index (χ3n) is 3.20. The lowest BCUT2D eigenvalue weighted by Gasteiger charge is -2.12. The van der Waals surface area contributed by atoms with Crippen LogP contribution in [0.15, 0.2) is 36.7 Å². The number of aromatic amines is 1. The molecule has 0 atom stereocenters. The molecule has 0 aliphatic carbocycles. The van der Waals surface area contributed by atoms with Crippen LogP contribution in [-0.2, 0) is 4.79 Å². The summed E-state index contributed by atoms with van der Waals surface area (Å²) in [4.78, 5) is 43.6. The van der Waals surface area contributed by atoms with Gasteiger partial charge in [-0.15, -0.1) is 0 Å². The van der Waals surface area contributed by atoms with Crippen LogP contribution in [-0.4, -0.2) is 39.1 Å². The zero-order valence-electron chi connectivity index (χ0n) is 11.0. The largest absolute Gasteiger partial charge is 0.331 e. The lowest BCUT2D eigenvalue weighted by Crippen LogP contribution is -2.33. The number of carbonyl (C=O) groups is 3. The molecule has 1 aromatic carbocycles. The van der Waals surface area contributed by atoms with E-state index in [4.69, 9.17) is 0 Å². The maximum atomic E-state index is 12.1. The van der Waals surface area contributed by atoms with Crippen LogP contribution < -0.4 is 5.32 Å². The molecule has 3 rings (SSSR count). The number of benzene rings is 1. The second-order valence-electron chi connectivity index (χ2n) is 4.54. The summed E-state index contributed by atoms with van der Waals surface area (Å²) in [6, 6.07) is 6.63. The number of fused-ring (bicyclic) bond motifs is 1. The summed E-state index contributed by atoms with van der Waals surface area (Å²) in [5.74, 6) is -0.702. The Morgan fingerprint density at radius 1 is 1.19 bits per heavy atom. The summed E-state index contributed by atoms with van der Waals surface area (Å²) in [7, 11) is 0. The van der Waals surface area contributed by atoms with Crippen molar-refractivity contribution in [2.24, 2.45) is 0 Å². The Morgan fingerprint density at radius 3 is 2.43 bits per heavy atom. The van der Waals surface area contributed by atoms with Crippen LogP contribution in [0.2, 0.25) is 0 Å². The molecule has 106 valence electrons. The minimum atomic E-state index is -0.360. The smallest absolute Gasteiger partial charge is 0.261 e. The van der Waals surface area contributed by atoms with Crippen molar-refractivity contribution in [1.29, 1.82) is 0 Å². The van der Waals surface area contributed by atoms with Crippen molar-refractivity contribution in [3.63, 3.8) is 0 Å². The first kappa shape index (κ1) is 13.0. The fourth-order valence-electron chi connectivity index (χ4n) is 2.18. The van der Waals surface area contributed by atoms with Gasteiger partial charge in [0.25, 0.3) is 11.8 Å². The molecule has 3 amide bonds. The van der Waals surface area contributed by atoms with E-state index in [2.05, 4.69) is 15.3 Å². The van der Waals surface area contributed by atoms with E-state index < -0.39 is 0 Å². The van der Waals surface area contributed by atoms with E-state index in [9.17, 15) is 14.4 Å². The number of aromatic nitrogens is 2. The monoisotopic (exact) mass is 284 g/mol. The fourth-order valence-corrected chi connectivity index (χ4v) is 2.18. The van der Waals surface area contributed by atoms with E-state index in [0.29, 0.717) is 17.1 Å². The molecule has 0 bridgehead atoms. The van der Waals surface area contributed by atoms with Crippen molar-refractivity contribution in [2.45, 2.75) is 6.42 Å². The molecule has 0 unspecified atom stereocenters. The average Bonchev–Trinajstić information content (AvgIpc) is 3.07. The van der Waals surface area contributed by atoms with E-state index in [-0.39, 0.29) is 30.7 Å². The molecule has 0 fully saturated rings. The number of nitrogens with zero attached hydrogens (tertiary/aromatic N) is 2. The summed E-state index contributed by atoms with van der Waals surface area (Å²) in [6.45, 7) is 0.0406. The fraction of sp³-hybridized carbons (Fsp3) is 0.143. The number of amides is 3. The Morgan fingerprint density at radius 2 is 1.86 bits per heavy atom. The van der Waals surface area contributed by atoms with Crippen molar-refractivity contribution in [3.8, 4) is 0 Å². The van der Waals surface area contributed by atoms with Gasteiger partial charge in [-0.3, -0.25) is 24.6 Å². The van der Waals surface area contributed by atoms with E-state index in [1.165, 1.54) is 6.20 Å². The number of carbonyl (C=O) groups excluding carboxylic acids is 3. The summed E-state index contributed by atoms with van der Waals surface area (Å²) >= 11 is 0. The third-order valence-corrected chi connectivity index (χ3v) is 3.20. The summed E-state index contributed by atoms with van der Waals surface area (Å²) in [5.41, 5.74) is 0.767. The van der Waals surface area contributed by atoms with Gasteiger partial charge in [-0.25, -0.2) is 4.98 Å². The number of rotatable bonds is 4. The highest BCUT2D eigenvalue weighted by atomic mass is 16.2. The molecule has 2 aromatic rings. The van der Waals surface area contributed by atoms with E-state index >= 15 is 0 Å². The normalized spacial score (nSPS) is 13.4. The zero-order valence-corrected chi connectivity index (χ0v) is 11.0. The van der Waals surface area contributed by atoms with Crippen molar-refractivity contribution in [1.82, 2.24) is 14.9 Å². The minimum absolute atomic E-state index is 0.0200. The Hall–Kier alpha value is -2.96. The first-order chi connectivity index (χ1) is 10.2. The lowest BCUT2D eigenvalue weighted by atomic mass is 10.1. The van der Waals surface area contributed by atoms with Gasteiger partial charge in [0.1, 0.15) is 0 Å². The Labute approximate surface area is 120 Å². The molecule has 0 saturated heterocycles. The van der Waals surface area contributed by atoms with Crippen LogP contribution in [0.25, 0.3) is 0 Å². The molecule has 2 N–H and O–H groups in total. The van der Waals surface area contributed by atoms with E-state index in [1.54, 1.807) is 30.5 Å². The van der Waals surface area contributed by atoms with Crippen LogP contribution in [0.4, 0.5) is 5.95 Å². The molecule has 1 aliphatic rings. The molecule has 2 heterocycles. The highest BCUT2D eigenvalue weighted by Gasteiger charge is 2.34. The maximum Gasteiger partial charge on any atom is 0.261 e. The Kier molecular flexibility index (Phi) is 3.23. The predicted octanol–water partition coefficient (Wildman–Crippen LogP) is 1.03. The molecule has 7 nitrogen and oxygen atoms in total. The van der Waals surface area contributed by atoms with Gasteiger partial charge in [-0.2, -0.15) is 0 Å². The number of anilines is 1.